The summed E-state index contributed by atoms with van der Waals surface area (Å²) in [7, 11) is 0. The fraction of sp³-hybridized carbons (Fsp3) is 0.235. The molecule has 0 bridgehead atoms. The lowest BCUT2D eigenvalue weighted by molar-refractivity contribution is -0.117. The summed E-state index contributed by atoms with van der Waals surface area (Å²) in [5.74, 6) is 1.30. The molecule has 1 amide bonds. The number of nitrogen functional groups attached to an aromatic ring is 1. The zero-order valence-corrected chi connectivity index (χ0v) is 12.6. The third kappa shape index (κ3) is 2.90. The third-order valence-electron chi connectivity index (χ3n) is 3.89. The average molecular weight is 298 g/mol. The van der Waals surface area contributed by atoms with E-state index in [1.807, 2.05) is 53.4 Å². The molecule has 1 saturated heterocycles. The van der Waals surface area contributed by atoms with E-state index in [0.717, 1.165) is 34.8 Å². The Bertz CT molecular complexity index is 637. The van der Waals surface area contributed by atoms with Gasteiger partial charge in [0, 0.05) is 24.3 Å². The number of hydrogen-bond acceptors (Lipinski definition) is 3. The number of carbonyl (C=O) groups excluding carboxylic acids is 1. The number of carbonyl (C=O) groups is 1. The highest BCUT2D eigenvalue weighted by molar-refractivity contribution is 7.80. The quantitative estimate of drug-likeness (QED) is 0.675. The van der Waals surface area contributed by atoms with Crippen molar-refractivity contribution in [2.75, 3.05) is 22.9 Å². The minimum atomic E-state index is 0.189. The highest BCUT2D eigenvalue weighted by Crippen LogP contribution is 2.28. The summed E-state index contributed by atoms with van der Waals surface area (Å²) in [5.41, 5.74) is 9.67. The van der Waals surface area contributed by atoms with Crippen LogP contribution in [0.1, 0.15) is 6.42 Å². The topological polar surface area (TPSA) is 46.3 Å². The number of nitrogens with zero attached hydrogens (tertiary/aromatic N) is 1. The monoisotopic (exact) mass is 298 g/mol. The van der Waals surface area contributed by atoms with Gasteiger partial charge >= 0.3 is 0 Å². The van der Waals surface area contributed by atoms with Crippen molar-refractivity contribution in [2.45, 2.75) is 6.42 Å². The molecular weight excluding hydrogens is 280 g/mol. The summed E-state index contributed by atoms with van der Waals surface area (Å²) in [6.45, 7) is 0.767. The van der Waals surface area contributed by atoms with Crippen LogP contribution in [0.15, 0.2) is 48.5 Å². The van der Waals surface area contributed by atoms with Crippen LogP contribution >= 0.6 is 12.6 Å². The number of anilines is 2. The number of amides is 1. The van der Waals surface area contributed by atoms with Gasteiger partial charge in [0.1, 0.15) is 0 Å². The molecule has 2 aromatic rings. The Balaban J connectivity index is 1.81. The number of thiol groups is 1. The molecule has 0 radical (unpaired) electrons. The van der Waals surface area contributed by atoms with E-state index in [2.05, 4.69) is 12.6 Å². The van der Waals surface area contributed by atoms with Crippen LogP contribution in [0.25, 0.3) is 11.1 Å². The van der Waals surface area contributed by atoms with Gasteiger partial charge in [-0.3, -0.25) is 4.79 Å². The smallest absolute Gasteiger partial charge is 0.227 e. The maximum Gasteiger partial charge on any atom is 0.227 e. The van der Waals surface area contributed by atoms with E-state index in [4.69, 9.17) is 5.73 Å². The molecule has 0 saturated carbocycles. The van der Waals surface area contributed by atoms with Crippen LogP contribution in [0.2, 0.25) is 0 Å². The van der Waals surface area contributed by atoms with Crippen molar-refractivity contribution in [3.05, 3.63) is 48.5 Å². The second-order valence-corrected chi connectivity index (χ2v) is 5.79. The molecule has 1 aliphatic rings. The number of nitrogens with two attached hydrogens (primary N) is 1. The van der Waals surface area contributed by atoms with Gasteiger partial charge in [0.25, 0.3) is 0 Å². The van der Waals surface area contributed by atoms with E-state index >= 15 is 0 Å². The maximum absolute atomic E-state index is 12.0. The summed E-state index contributed by atoms with van der Waals surface area (Å²) < 4.78 is 0. The van der Waals surface area contributed by atoms with Gasteiger partial charge in [0.15, 0.2) is 0 Å². The Kier molecular flexibility index (Phi) is 3.88. The van der Waals surface area contributed by atoms with Gasteiger partial charge in [0.05, 0.1) is 0 Å². The molecule has 2 N–H and O–H groups in total. The molecule has 3 rings (SSSR count). The van der Waals surface area contributed by atoms with E-state index in [1.54, 1.807) is 0 Å². The Morgan fingerprint density at radius 2 is 1.62 bits per heavy atom. The van der Waals surface area contributed by atoms with E-state index in [9.17, 15) is 4.79 Å². The van der Waals surface area contributed by atoms with E-state index in [-0.39, 0.29) is 5.91 Å². The summed E-state index contributed by atoms with van der Waals surface area (Å²) in [5, 5.41) is 0. The van der Waals surface area contributed by atoms with Gasteiger partial charge in [-0.25, -0.2) is 0 Å². The largest absolute Gasteiger partial charge is 0.399 e. The zero-order chi connectivity index (χ0) is 14.8. The first-order valence-electron chi connectivity index (χ1n) is 7.04. The second-order valence-electron chi connectivity index (χ2n) is 5.43. The summed E-state index contributed by atoms with van der Waals surface area (Å²) in [6.07, 6.45) is 0.600. The molecule has 1 unspecified atom stereocenters. The van der Waals surface area contributed by atoms with Gasteiger partial charge in [-0.15, -0.1) is 0 Å². The van der Waals surface area contributed by atoms with E-state index in [0.29, 0.717) is 12.3 Å². The van der Waals surface area contributed by atoms with Crippen LogP contribution in [-0.4, -0.2) is 18.2 Å². The lowest BCUT2D eigenvalue weighted by Gasteiger charge is -2.17. The predicted molar refractivity (Wildman–Crippen MR) is 90.6 cm³/mol. The Morgan fingerprint density at radius 3 is 2.14 bits per heavy atom. The lowest BCUT2D eigenvalue weighted by atomic mass is 10.0. The molecule has 1 atom stereocenters. The zero-order valence-electron chi connectivity index (χ0n) is 11.7. The SMILES string of the molecule is Nc1ccc(-c2ccc(N3CC(CS)CC3=O)cc2)cc1. The van der Waals surface area contributed by atoms with Crippen molar-refractivity contribution in [1.82, 2.24) is 0 Å². The first-order valence-corrected chi connectivity index (χ1v) is 7.68. The first-order chi connectivity index (χ1) is 10.2. The molecule has 3 nitrogen and oxygen atoms in total. The molecule has 0 aliphatic carbocycles. The highest BCUT2D eigenvalue weighted by Gasteiger charge is 2.29. The summed E-state index contributed by atoms with van der Waals surface area (Å²) in [6, 6.07) is 15.9. The van der Waals surface area contributed by atoms with Gasteiger partial charge < -0.3 is 10.6 Å². The van der Waals surface area contributed by atoms with Crippen molar-refractivity contribution >= 4 is 29.9 Å². The summed E-state index contributed by atoms with van der Waals surface area (Å²) >= 11 is 4.29. The Hall–Kier alpha value is -1.94. The minimum Gasteiger partial charge on any atom is -0.399 e. The van der Waals surface area contributed by atoms with Crippen molar-refractivity contribution in [2.24, 2.45) is 5.92 Å². The molecule has 0 aromatic heterocycles. The molecule has 21 heavy (non-hydrogen) atoms. The first kappa shape index (κ1) is 14.0. The van der Waals surface area contributed by atoms with Crippen molar-refractivity contribution < 1.29 is 4.79 Å². The predicted octanol–water partition coefficient (Wildman–Crippen LogP) is 3.22. The number of rotatable bonds is 3. The van der Waals surface area contributed by atoms with Gasteiger partial charge in [-0.05, 0) is 47.1 Å². The molecule has 2 aromatic carbocycles. The normalized spacial score (nSPS) is 18.2. The maximum atomic E-state index is 12.0. The van der Waals surface area contributed by atoms with Crippen molar-refractivity contribution in [3.63, 3.8) is 0 Å². The molecule has 1 fully saturated rings. The second kappa shape index (κ2) is 5.82. The van der Waals surface area contributed by atoms with Crippen molar-refractivity contribution in [3.8, 4) is 11.1 Å². The van der Waals surface area contributed by atoms with Gasteiger partial charge in [-0.1, -0.05) is 24.3 Å². The van der Waals surface area contributed by atoms with Crippen LogP contribution in [0.4, 0.5) is 11.4 Å². The highest BCUT2D eigenvalue weighted by atomic mass is 32.1. The number of benzene rings is 2. The van der Waals surface area contributed by atoms with E-state index in [1.165, 1.54) is 0 Å². The molecule has 0 spiro atoms. The standard InChI is InChI=1S/C17H18N2OS/c18-15-5-1-13(2-6-15)14-3-7-16(8-4-14)19-10-12(11-21)9-17(19)20/h1-8,12,21H,9-11,18H2. The van der Waals surface area contributed by atoms with Crippen LogP contribution < -0.4 is 10.6 Å². The third-order valence-corrected chi connectivity index (χ3v) is 4.40. The van der Waals surface area contributed by atoms with Gasteiger partial charge in [-0.2, -0.15) is 12.6 Å². The van der Waals surface area contributed by atoms with Crippen LogP contribution in [0.5, 0.6) is 0 Å². The van der Waals surface area contributed by atoms with Crippen LogP contribution in [-0.2, 0) is 4.79 Å². The molecular formula is C17H18N2OS. The molecule has 1 heterocycles. The lowest BCUT2D eigenvalue weighted by Crippen LogP contribution is -2.24. The molecule has 1 aliphatic heterocycles. The number of hydrogen-bond donors (Lipinski definition) is 2. The van der Waals surface area contributed by atoms with Crippen LogP contribution in [0, 0.1) is 5.92 Å². The Labute approximate surface area is 130 Å². The average Bonchev–Trinajstić information content (AvgIpc) is 2.89. The fourth-order valence-corrected chi connectivity index (χ4v) is 2.91. The van der Waals surface area contributed by atoms with Crippen LogP contribution in [0.3, 0.4) is 0 Å². The molecule has 108 valence electrons. The van der Waals surface area contributed by atoms with Crippen molar-refractivity contribution in [1.29, 1.82) is 0 Å². The summed E-state index contributed by atoms with van der Waals surface area (Å²) in [4.78, 5) is 13.9. The molecule has 4 heteroatoms. The van der Waals surface area contributed by atoms with E-state index < -0.39 is 0 Å². The fourth-order valence-electron chi connectivity index (χ4n) is 2.66. The van der Waals surface area contributed by atoms with Gasteiger partial charge in [0.2, 0.25) is 5.91 Å². The Morgan fingerprint density at radius 1 is 1.05 bits per heavy atom. The minimum absolute atomic E-state index is 0.189.